The van der Waals surface area contributed by atoms with Crippen molar-refractivity contribution in [2.75, 3.05) is 10.8 Å². The van der Waals surface area contributed by atoms with E-state index in [-0.39, 0.29) is 39.1 Å². The molecule has 2 amide bonds. The standard InChI is InChI=1S/C31H33Cl4N3O4S/c1-3-29(31(40)36-23-6-4-5-7-23)37(18-21-10-11-22(32)16-27(21)34)30(39)19-38(24-12-15-26(33)28(35)17-24)43(41,42)25-13-8-20(2)9-14-25/h8-17,23,29H,3-7,18-19H2,1-2H3,(H,36,40). The average Bonchev–Trinajstić information content (AvgIpc) is 3.47. The SMILES string of the molecule is CCC(C(=O)NC1CCCC1)N(Cc1ccc(Cl)cc1Cl)C(=O)CN(c1ccc(Cl)c(Cl)c1)S(=O)(=O)c1ccc(C)cc1. The fourth-order valence-corrected chi connectivity index (χ4v) is 7.29. The van der Waals surface area contributed by atoms with Crippen molar-refractivity contribution in [3.8, 4) is 0 Å². The molecule has 0 bridgehead atoms. The first-order valence-electron chi connectivity index (χ1n) is 14.0. The van der Waals surface area contributed by atoms with E-state index in [0.717, 1.165) is 35.6 Å². The molecule has 7 nitrogen and oxygen atoms in total. The minimum atomic E-state index is -4.25. The highest BCUT2D eigenvalue weighted by Gasteiger charge is 2.35. The molecule has 1 fully saturated rings. The van der Waals surface area contributed by atoms with Gasteiger partial charge in [0.2, 0.25) is 11.8 Å². The summed E-state index contributed by atoms with van der Waals surface area (Å²) in [5.41, 5.74) is 1.59. The van der Waals surface area contributed by atoms with Gasteiger partial charge in [-0.25, -0.2) is 8.42 Å². The number of benzene rings is 3. The summed E-state index contributed by atoms with van der Waals surface area (Å²) in [5.74, 6) is -0.892. The number of carbonyl (C=O) groups is 2. The zero-order chi connectivity index (χ0) is 31.3. The van der Waals surface area contributed by atoms with Crippen LogP contribution in [0.2, 0.25) is 20.1 Å². The van der Waals surface area contributed by atoms with Crippen molar-refractivity contribution in [2.24, 2.45) is 0 Å². The van der Waals surface area contributed by atoms with Crippen molar-refractivity contribution in [1.82, 2.24) is 10.2 Å². The fourth-order valence-electron chi connectivity index (χ4n) is 5.13. The van der Waals surface area contributed by atoms with Gasteiger partial charge in [0.25, 0.3) is 10.0 Å². The summed E-state index contributed by atoms with van der Waals surface area (Å²) in [6, 6.07) is 14.7. The van der Waals surface area contributed by atoms with Gasteiger partial charge in [-0.3, -0.25) is 13.9 Å². The maximum Gasteiger partial charge on any atom is 0.264 e. The molecule has 1 saturated carbocycles. The highest BCUT2D eigenvalue weighted by Crippen LogP contribution is 2.31. The van der Waals surface area contributed by atoms with Crippen molar-refractivity contribution in [3.05, 3.63) is 91.9 Å². The van der Waals surface area contributed by atoms with E-state index in [1.807, 2.05) is 13.8 Å². The van der Waals surface area contributed by atoms with E-state index in [1.165, 1.54) is 35.2 Å². The molecule has 1 N–H and O–H groups in total. The van der Waals surface area contributed by atoms with E-state index >= 15 is 0 Å². The van der Waals surface area contributed by atoms with E-state index in [9.17, 15) is 18.0 Å². The quantitative estimate of drug-likeness (QED) is 0.225. The highest BCUT2D eigenvalue weighted by molar-refractivity contribution is 7.92. The Morgan fingerprint density at radius 1 is 0.907 bits per heavy atom. The first-order chi connectivity index (χ1) is 20.4. The summed E-state index contributed by atoms with van der Waals surface area (Å²) in [6.45, 7) is 3.01. The van der Waals surface area contributed by atoms with Crippen LogP contribution >= 0.6 is 46.4 Å². The monoisotopic (exact) mass is 683 g/mol. The molecule has 3 aromatic rings. The molecule has 0 heterocycles. The number of sulfonamides is 1. The third-order valence-corrected chi connectivity index (χ3v) is 10.6. The lowest BCUT2D eigenvalue weighted by molar-refractivity contribution is -0.140. The predicted octanol–water partition coefficient (Wildman–Crippen LogP) is 7.67. The molecular formula is C31H33Cl4N3O4S. The van der Waals surface area contributed by atoms with Gasteiger partial charge >= 0.3 is 0 Å². The van der Waals surface area contributed by atoms with Crippen molar-refractivity contribution >= 4 is 73.9 Å². The second-order valence-electron chi connectivity index (χ2n) is 10.6. The zero-order valence-corrected chi connectivity index (χ0v) is 27.7. The molecule has 230 valence electrons. The molecule has 1 aliphatic carbocycles. The molecule has 0 aromatic heterocycles. The largest absolute Gasteiger partial charge is 0.352 e. The Balaban J connectivity index is 1.75. The van der Waals surface area contributed by atoms with E-state index < -0.39 is 28.5 Å². The van der Waals surface area contributed by atoms with E-state index in [2.05, 4.69) is 5.32 Å². The Morgan fingerprint density at radius 3 is 2.19 bits per heavy atom. The normalized spacial score (nSPS) is 14.4. The molecule has 1 atom stereocenters. The summed E-state index contributed by atoms with van der Waals surface area (Å²) >= 11 is 25.0. The van der Waals surface area contributed by atoms with E-state index in [0.29, 0.717) is 22.0 Å². The summed E-state index contributed by atoms with van der Waals surface area (Å²) in [5, 5.41) is 4.19. The zero-order valence-electron chi connectivity index (χ0n) is 23.8. The number of rotatable bonds is 11. The number of nitrogens with one attached hydrogen (secondary N) is 1. The number of aryl methyl sites for hydroxylation is 1. The lowest BCUT2D eigenvalue weighted by Gasteiger charge is -2.34. The second-order valence-corrected chi connectivity index (χ2v) is 14.1. The minimum Gasteiger partial charge on any atom is -0.352 e. The molecule has 4 rings (SSSR count). The molecule has 1 unspecified atom stereocenters. The van der Waals surface area contributed by atoms with Crippen LogP contribution in [-0.4, -0.2) is 43.8 Å². The molecule has 1 aliphatic rings. The lowest BCUT2D eigenvalue weighted by Crippen LogP contribution is -2.53. The Labute approximate surface area is 273 Å². The molecule has 0 saturated heterocycles. The van der Waals surface area contributed by atoms with Crippen LogP contribution in [0.15, 0.2) is 65.6 Å². The number of hydrogen-bond acceptors (Lipinski definition) is 4. The van der Waals surface area contributed by atoms with E-state index in [4.69, 9.17) is 46.4 Å². The van der Waals surface area contributed by atoms with Crippen LogP contribution in [0.1, 0.15) is 50.2 Å². The molecule has 0 spiro atoms. The van der Waals surface area contributed by atoms with E-state index in [1.54, 1.807) is 30.3 Å². The molecule has 43 heavy (non-hydrogen) atoms. The topological polar surface area (TPSA) is 86.8 Å². The molecule has 12 heteroatoms. The van der Waals surface area contributed by atoms with Gasteiger partial charge in [0.05, 0.1) is 20.6 Å². The van der Waals surface area contributed by atoms with Crippen LogP contribution in [0.25, 0.3) is 0 Å². The first-order valence-corrected chi connectivity index (χ1v) is 16.9. The number of carbonyl (C=O) groups excluding carboxylic acids is 2. The van der Waals surface area contributed by atoms with Crippen molar-refractivity contribution in [3.63, 3.8) is 0 Å². The van der Waals surface area contributed by atoms with Crippen LogP contribution in [0.5, 0.6) is 0 Å². The summed E-state index contributed by atoms with van der Waals surface area (Å²) in [4.78, 5) is 29.2. The van der Waals surface area contributed by atoms with Gasteiger partial charge in [-0.2, -0.15) is 0 Å². The minimum absolute atomic E-state index is 0.00436. The molecule has 0 aliphatic heterocycles. The Kier molecular flexibility index (Phi) is 11.3. The van der Waals surface area contributed by atoms with Crippen LogP contribution in [-0.2, 0) is 26.2 Å². The van der Waals surface area contributed by atoms with Crippen LogP contribution in [0, 0.1) is 6.92 Å². The summed E-state index contributed by atoms with van der Waals surface area (Å²) in [7, 11) is -4.25. The fraction of sp³-hybridized carbons (Fsp3) is 0.355. The Bertz CT molecular complexity index is 1580. The van der Waals surface area contributed by atoms with Gasteiger partial charge < -0.3 is 10.2 Å². The van der Waals surface area contributed by atoms with Crippen LogP contribution < -0.4 is 9.62 Å². The van der Waals surface area contributed by atoms with Crippen molar-refractivity contribution in [1.29, 1.82) is 0 Å². The molecule has 3 aromatic carbocycles. The Hall–Kier alpha value is -2.49. The van der Waals surface area contributed by atoms with Crippen molar-refractivity contribution < 1.29 is 18.0 Å². The first kappa shape index (κ1) is 33.4. The van der Waals surface area contributed by atoms with Gasteiger partial charge in [-0.1, -0.05) is 89.9 Å². The van der Waals surface area contributed by atoms with Gasteiger partial charge in [-0.15, -0.1) is 0 Å². The number of anilines is 1. The number of nitrogens with zero attached hydrogens (tertiary/aromatic N) is 2. The second kappa shape index (κ2) is 14.5. The number of halogens is 4. The van der Waals surface area contributed by atoms with Crippen molar-refractivity contribution in [2.45, 2.75) is 69.5 Å². The Morgan fingerprint density at radius 2 is 1.58 bits per heavy atom. The third kappa shape index (κ3) is 8.17. The molecular weight excluding hydrogens is 652 g/mol. The predicted molar refractivity (Wildman–Crippen MR) is 174 cm³/mol. The number of amides is 2. The maximum atomic E-state index is 14.2. The third-order valence-electron chi connectivity index (χ3n) is 7.52. The lowest BCUT2D eigenvalue weighted by atomic mass is 10.1. The smallest absolute Gasteiger partial charge is 0.264 e. The summed E-state index contributed by atoms with van der Waals surface area (Å²) < 4.78 is 29.0. The van der Waals surface area contributed by atoms with Gasteiger partial charge in [-0.05, 0) is 74.2 Å². The van der Waals surface area contributed by atoms with Crippen LogP contribution in [0.4, 0.5) is 5.69 Å². The highest BCUT2D eigenvalue weighted by atomic mass is 35.5. The van der Waals surface area contributed by atoms with Gasteiger partial charge in [0, 0.05) is 22.6 Å². The summed E-state index contributed by atoms with van der Waals surface area (Å²) in [6.07, 6.45) is 4.10. The maximum absolute atomic E-state index is 14.2. The molecule has 0 radical (unpaired) electrons. The van der Waals surface area contributed by atoms with Gasteiger partial charge in [0.15, 0.2) is 0 Å². The van der Waals surface area contributed by atoms with Gasteiger partial charge in [0.1, 0.15) is 12.6 Å². The average molecular weight is 686 g/mol. The number of hydrogen-bond donors (Lipinski definition) is 1. The van der Waals surface area contributed by atoms with Crippen LogP contribution in [0.3, 0.4) is 0 Å².